The predicted octanol–water partition coefficient (Wildman–Crippen LogP) is 3.81. The zero-order valence-electron chi connectivity index (χ0n) is 15.9. The van der Waals surface area contributed by atoms with Crippen LogP contribution in [-0.4, -0.2) is 35.3 Å². The van der Waals surface area contributed by atoms with Crippen LogP contribution in [0.1, 0.15) is 21.7 Å². The lowest BCUT2D eigenvalue weighted by Crippen LogP contribution is -2.21. The first-order chi connectivity index (χ1) is 15.0. The van der Waals surface area contributed by atoms with Gasteiger partial charge in [-0.15, -0.1) is 0 Å². The fourth-order valence-electron chi connectivity index (χ4n) is 3.08. The summed E-state index contributed by atoms with van der Waals surface area (Å²) < 4.78 is 82.3. The van der Waals surface area contributed by atoms with Gasteiger partial charge in [0.15, 0.2) is 5.65 Å². The van der Waals surface area contributed by atoms with Gasteiger partial charge in [-0.05, 0) is 24.3 Å². The molecule has 4 aromatic rings. The number of pyridine rings is 1. The van der Waals surface area contributed by atoms with Crippen LogP contribution in [0.2, 0.25) is 0 Å². The van der Waals surface area contributed by atoms with Crippen LogP contribution in [-0.2, 0) is 19.4 Å². The highest BCUT2D eigenvalue weighted by atomic mass is 19.4. The third-order valence-electron chi connectivity index (χ3n) is 4.37. The van der Waals surface area contributed by atoms with Gasteiger partial charge in [0.05, 0.1) is 6.20 Å². The minimum Gasteiger partial charge on any atom is -0.321 e. The van der Waals surface area contributed by atoms with Crippen molar-refractivity contribution in [3.05, 3.63) is 59.8 Å². The number of aromatic nitrogens is 6. The zero-order chi connectivity index (χ0) is 23.3. The van der Waals surface area contributed by atoms with Crippen LogP contribution in [0.4, 0.5) is 32.0 Å². The summed E-state index contributed by atoms with van der Waals surface area (Å²) in [5, 5.41) is 9.82. The van der Waals surface area contributed by atoms with Gasteiger partial charge < -0.3 is 5.32 Å². The second-order valence-corrected chi connectivity index (χ2v) is 6.51. The molecule has 166 valence electrons. The Morgan fingerprint density at radius 3 is 2.47 bits per heavy atom. The van der Waals surface area contributed by atoms with Gasteiger partial charge in [-0.1, -0.05) is 0 Å². The van der Waals surface area contributed by atoms with Crippen molar-refractivity contribution in [3.8, 4) is 11.4 Å². The standard InChI is InChI=1S/C18H11F6N7O/c1-30-15(16(32)28-9-4-6-25-11(7-9)17(19,20)21)13(18(22,23)24)14(29-30)10-8-26-12-3-2-5-27-31(10)12/h2-8H,1H3,(H,25,28,32). The van der Waals surface area contributed by atoms with E-state index >= 15 is 0 Å². The lowest BCUT2D eigenvalue weighted by Gasteiger charge is -2.12. The molecule has 0 radical (unpaired) electrons. The topological polar surface area (TPSA) is 90.0 Å². The highest BCUT2D eigenvalue weighted by Gasteiger charge is 2.43. The van der Waals surface area contributed by atoms with Gasteiger partial charge in [-0.3, -0.25) is 14.5 Å². The van der Waals surface area contributed by atoms with Gasteiger partial charge in [-0.25, -0.2) is 9.50 Å². The van der Waals surface area contributed by atoms with Crippen molar-refractivity contribution in [2.75, 3.05) is 5.32 Å². The van der Waals surface area contributed by atoms with Crippen molar-refractivity contribution in [1.29, 1.82) is 0 Å². The Kier molecular flexibility index (Phi) is 4.86. The second-order valence-electron chi connectivity index (χ2n) is 6.51. The van der Waals surface area contributed by atoms with Gasteiger partial charge in [0.1, 0.15) is 28.3 Å². The Balaban J connectivity index is 1.81. The summed E-state index contributed by atoms with van der Waals surface area (Å²) in [6, 6.07) is 4.59. The average Bonchev–Trinajstić information content (AvgIpc) is 3.28. The third kappa shape index (κ3) is 3.74. The van der Waals surface area contributed by atoms with Crippen LogP contribution < -0.4 is 5.32 Å². The van der Waals surface area contributed by atoms with Crippen LogP contribution >= 0.6 is 0 Å². The Labute approximate surface area is 174 Å². The molecule has 0 aliphatic heterocycles. The lowest BCUT2D eigenvalue weighted by molar-refractivity contribution is -0.141. The van der Waals surface area contributed by atoms with Gasteiger partial charge >= 0.3 is 12.4 Å². The third-order valence-corrected chi connectivity index (χ3v) is 4.37. The molecule has 1 amide bonds. The number of imidazole rings is 1. The monoisotopic (exact) mass is 455 g/mol. The first kappa shape index (κ1) is 21.3. The number of halogens is 6. The molecule has 14 heteroatoms. The molecule has 0 saturated carbocycles. The number of carbonyl (C=O) groups is 1. The van der Waals surface area contributed by atoms with Crippen molar-refractivity contribution >= 4 is 17.2 Å². The van der Waals surface area contributed by atoms with Crippen molar-refractivity contribution in [2.24, 2.45) is 7.05 Å². The molecule has 1 N–H and O–H groups in total. The average molecular weight is 455 g/mol. The molecular weight excluding hydrogens is 444 g/mol. The summed E-state index contributed by atoms with van der Waals surface area (Å²) in [6.45, 7) is 0. The van der Waals surface area contributed by atoms with Crippen molar-refractivity contribution in [1.82, 2.24) is 29.4 Å². The fourth-order valence-corrected chi connectivity index (χ4v) is 3.08. The Morgan fingerprint density at radius 2 is 1.78 bits per heavy atom. The molecule has 4 rings (SSSR count). The molecule has 0 aliphatic carbocycles. The van der Waals surface area contributed by atoms with E-state index in [1.807, 2.05) is 5.32 Å². The normalized spacial score (nSPS) is 12.3. The maximum Gasteiger partial charge on any atom is 0.433 e. The van der Waals surface area contributed by atoms with Crippen molar-refractivity contribution in [3.63, 3.8) is 0 Å². The van der Waals surface area contributed by atoms with Gasteiger partial charge in [-0.2, -0.15) is 36.5 Å². The largest absolute Gasteiger partial charge is 0.433 e. The predicted molar refractivity (Wildman–Crippen MR) is 97.4 cm³/mol. The summed E-state index contributed by atoms with van der Waals surface area (Å²) in [7, 11) is 1.11. The number of aryl methyl sites for hydroxylation is 1. The van der Waals surface area contributed by atoms with Gasteiger partial charge in [0, 0.05) is 25.1 Å². The number of fused-ring (bicyclic) bond motifs is 1. The van der Waals surface area contributed by atoms with Crippen LogP contribution in [0.15, 0.2) is 42.9 Å². The number of anilines is 1. The van der Waals surface area contributed by atoms with Crippen molar-refractivity contribution < 1.29 is 31.1 Å². The first-order valence-electron chi connectivity index (χ1n) is 8.74. The highest BCUT2D eigenvalue weighted by molar-refractivity contribution is 6.05. The van der Waals surface area contributed by atoms with E-state index in [1.165, 1.54) is 18.3 Å². The molecule has 32 heavy (non-hydrogen) atoms. The Bertz CT molecular complexity index is 1320. The SMILES string of the molecule is Cn1nc(-c2cnc3cccnn23)c(C(F)(F)F)c1C(=O)Nc1ccnc(C(F)(F)F)c1. The smallest absolute Gasteiger partial charge is 0.321 e. The molecule has 0 fully saturated rings. The molecule has 0 saturated heterocycles. The van der Waals surface area contributed by atoms with Crippen molar-refractivity contribution in [2.45, 2.75) is 12.4 Å². The number of rotatable bonds is 3. The quantitative estimate of drug-likeness (QED) is 0.475. The maximum absolute atomic E-state index is 14.0. The number of hydrogen-bond acceptors (Lipinski definition) is 5. The number of hydrogen-bond donors (Lipinski definition) is 1. The van der Waals surface area contributed by atoms with E-state index in [0.717, 1.165) is 30.0 Å². The second kappa shape index (κ2) is 7.32. The fraction of sp³-hybridized carbons (Fsp3) is 0.167. The summed E-state index contributed by atoms with van der Waals surface area (Å²) >= 11 is 0. The zero-order valence-corrected chi connectivity index (χ0v) is 15.9. The molecule has 4 heterocycles. The van der Waals surface area contributed by atoms with E-state index in [2.05, 4.69) is 20.2 Å². The first-order valence-corrected chi connectivity index (χ1v) is 8.74. The van der Waals surface area contributed by atoms with E-state index in [4.69, 9.17) is 0 Å². The van der Waals surface area contributed by atoms with E-state index < -0.39 is 40.9 Å². The summed E-state index contributed by atoms with van der Waals surface area (Å²) in [4.78, 5) is 19.8. The van der Waals surface area contributed by atoms with E-state index in [1.54, 1.807) is 0 Å². The summed E-state index contributed by atoms with van der Waals surface area (Å²) in [5.41, 5.74) is -4.45. The van der Waals surface area contributed by atoms with Crippen LogP contribution in [0.25, 0.3) is 17.0 Å². The molecule has 0 unspecified atom stereocenters. The highest BCUT2D eigenvalue weighted by Crippen LogP contribution is 2.39. The molecule has 0 atom stereocenters. The number of nitrogens with zero attached hydrogens (tertiary/aromatic N) is 6. The number of alkyl halides is 6. The molecule has 0 aromatic carbocycles. The molecule has 0 aliphatic rings. The maximum atomic E-state index is 14.0. The minimum absolute atomic E-state index is 0.120. The number of nitrogens with one attached hydrogen (secondary N) is 1. The molecular formula is C18H11F6N7O. The molecule has 4 aromatic heterocycles. The van der Waals surface area contributed by atoms with Crippen LogP contribution in [0.5, 0.6) is 0 Å². The van der Waals surface area contributed by atoms with E-state index in [9.17, 15) is 31.1 Å². The van der Waals surface area contributed by atoms with Crippen LogP contribution in [0, 0.1) is 0 Å². The number of amides is 1. The molecule has 0 spiro atoms. The Hall–Kier alpha value is -3.97. The minimum atomic E-state index is -5.02. The van der Waals surface area contributed by atoms with Crippen LogP contribution in [0.3, 0.4) is 0 Å². The Morgan fingerprint density at radius 1 is 1.03 bits per heavy atom. The molecule has 8 nitrogen and oxygen atoms in total. The summed E-state index contributed by atoms with van der Waals surface area (Å²) in [6.07, 6.45) is -6.58. The lowest BCUT2D eigenvalue weighted by atomic mass is 10.1. The number of carbonyl (C=O) groups excluding carboxylic acids is 1. The van der Waals surface area contributed by atoms with Gasteiger partial charge in [0.25, 0.3) is 5.91 Å². The summed E-state index contributed by atoms with van der Waals surface area (Å²) in [5.74, 6) is -1.31. The van der Waals surface area contributed by atoms with E-state index in [0.29, 0.717) is 10.7 Å². The van der Waals surface area contributed by atoms with E-state index in [-0.39, 0.29) is 17.0 Å². The molecule has 0 bridgehead atoms. The van der Waals surface area contributed by atoms with Gasteiger partial charge in [0.2, 0.25) is 0 Å².